The van der Waals surface area contributed by atoms with Gasteiger partial charge in [0.2, 0.25) is 0 Å². The summed E-state index contributed by atoms with van der Waals surface area (Å²) < 4.78 is 5.92. The average Bonchev–Trinajstić information content (AvgIpc) is 2.34. The lowest BCUT2D eigenvalue weighted by atomic mass is 9.50. The number of hydrogen-bond acceptors (Lipinski definition) is 3. The highest BCUT2D eigenvalue weighted by atomic mass is 16.5. The molecule has 0 radical (unpaired) electrons. The molecule has 0 amide bonds. The molecule has 20 heavy (non-hydrogen) atoms. The van der Waals surface area contributed by atoms with Gasteiger partial charge in [0.25, 0.3) is 0 Å². The molecule has 0 aromatic carbocycles. The first-order valence-electron chi connectivity index (χ1n) is 8.54. The Morgan fingerprint density at radius 2 is 1.65 bits per heavy atom. The number of aliphatic hydroxyl groups is 1. The molecule has 4 bridgehead atoms. The summed E-state index contributed by atoms with van der Waals surface area (Å²) in [6, 6.07) is 0.424. The predicted octanol–water partition coefficient (Wildman–Crippen LogP) is 2.58. The van der Waals surface area contributed by atoms with Gasteiger partial charge in [-0.15, -0.1) is 0 Å². The fourth-order valence-corrected chi connectivity index (χ4v) is 5.31. The third-order valence-electron chi connectivity index (χ3n) is 5.65. The third kappa shape index (κ3) is 3.37. The Hall–Kier alpha value is -0.120. The van der Waals surface area contributed by atoms with Crippen LogP contribution in [0.4, 0.5) is 0 Å². The molecule has 0 saturated heterocycles. The van der Waals surface area contributed by atoms with Gasteiger partial charge in [0, 0.05) is 12.6 Å². The van der Waals surface area contributed by atoms with Crippen LogP contribution in [-0.2, 0) is 4.74 Å². The van der Waals surface area contributed by atoms with Crippen molar-refractivity contribution in [2.24, 2.45) is 23.2 Å². The molecular weight excluding hydrogens is 250 g/mol. The average molecular weight is 281 g/mol. The van der Waals surface area contributed by atoms with Gasteiger partial charge in [0.1, 0.15) is 0 Å². The summed E-state index contributed by atoms with van der Waals surface area (Å²) in [4.78, 5) is 0. The van der Waals surface area contributed by atoms with Gasteiger partial charge in [0.15, 0.2) is 0 Å². The van der Waals surface area contributed by atoms with E-state index in [2.05, 4.69) is 19.2 Å². The Kier molecular flexibility index (Phi) is 4.40. The molecule has 1 atom stereocenters. The van der Waals surface area contributed by atoms with E-state index >= 15 is 0 Å². The van der Waals surface area contributed by atoms with E-state index in [1.165, 1.54) is 38.5 Å². The van der Waals surface area contributed by atoms with Gasteiger partial charge < -0.3 is 15.2 Å². The van der Waals surface area contributed by atoms with Crippen molar-refractivity contribution < 1.29 is 9.84 Å². The first kappa shape index (κ1) is 14.8. The van der Waals surface area contributed by atoms with Crippen molar-refractivity contribution in [3.63, 3.8) is 0 Å². The van der Waals surface area contributed by atoms with Crippen molar-refractivity contribution >= 4 is 0 Å². The van der Waals surface area contributed by atoms with E-state index in [-0.39, 0.29) is 6.10 Å². The molecule has 0 heterocycles. The molecule has 1 unspecified atom stereocenters. The van der Waals surface area contributed by atoms with Gasteiger partial charge in [-0.1, -0.05) is 13.8 Å². The highest BCUT2D eigenvalue weighted by Crippen LogP contribution is 2.59. The topological polar surface area (TPSA) is 41.5 Å². The van der Waals surface area contributed by atoms with Crippen molar-refractivity contribution in [2.75, 3.05) is 19.8 Å². The number of hydrogen-bond donors (Lipinski definition) is 2. The standard InChI is InChI=1S/C17H31NO2/c1-12(2)18-9-16(19)10-20-11-17-6-13-3-14(7-17)5-15(4-13)8-17/h12-16,18-19H,3-11H2,1-2H3. The van der Waals surface area contributed by atoms with Crippen LogP contribution in [0.5, 0.6) is 0 Å². The van der Waals surface area contributed by atoms with Crippen LogP contribution in [0.15, 0.2) is 0 Å². The lowest BCUT2D eigenvalue weighted by molar-refractivity contribution is -0.105. The second-order valence-electron chi connectivity index (χ2n) is 8.15. The Morgan fingerprint density at radius 1 is 1.10 bits per heavy atom. The van der Waals surface area contributed by atoms with E-state index in [4.69, 9.17) is 4.74 Å². The number of aliphatic hydroxyl groups excluding tert-OH is 1. The van der Waals surface area contributed by atoms with E-state index in [0.717, 1.165) is 24.4 Å². The van der Waals surface area contributed by atoms with Gasteiger partial charge in [-0.3, -0.25) is 0 Å². The lowest BCUT2D eigenvalue weighted by Crippen LogP contribution is -2.48. The largest absolute Gasteiger partial charge is 0.389 e. The molecule has 3 heteroatoms. The molecule has 4 rings (SSSR count). The van der Waals surface area contributed by atoms with Crippen LogP contribution in [0.25, 0.3) is 0 Å². The Labute approximate surface area is 123 Å². The van der Waals surface area contributed by atoms with Crippen LogP contribution in [-0.4, -0.2) is 37.0 Å². The third-order valence-corrected chi connectivity index (χ3v) is 5.65. The maximum atomic E-state index is 9.92. The van der Waals surface area contributed by atoms with E-state index in [0.29, 0.717) is 24.6 Å². The van der Waals surface area contributed by atoms with Crippen molar-refractivity contribution in [3.8, 4) is 0 Å². The SMILES string of the molecule is CC(C)NCC(O)COCC12CC3CC(CC(C3)C1)C2. The van der Waals surface area contributed by atoms with Crippen molar-refractivity contribution in [1.82, 2.24) is 5.32 Å². The molecule has 2 N–H and O–H groups in total. The van der Waals surface area contributed by atoms with Crippen LogP contribution in [0.3, 0.4) is 0 Å². The molecule has 4 saturated carbocycles. The molecule has 0 aromatic heterocycles. The summed E-state index contributed by atoms with van der Waals surface area (Å²) >= 11 is 0. The number of nitrogens with one attached hydrogen (secondary N) is 1. The summed E-state index contributed by atoms with van der Waals surface area (Å²) in [6.07, 6.45) is 8.25. The minimum Gasteiger partial charge on any atom is -0.389 e. The fraction of sp³-hybridized carbons (Fsp3) is 1.00. The molecule has 4 fully saturated rings. The minimum absolute atomic E-state index is 0.369. The highest BCUT2D eigenvalue weighted by molar-refractivity contribution is 5.01. The minimum atomic E-state index is -0.369. The van der Waals surface area contributed by atoms with Gasteiger partial charge in [-0.25, -0.2) is 0 Å². The van der Waals surface area contributed by atoms with Gasteiger partial charge in [0.05, 0.1) is 19.3 Å². The number of ether oxygens (including phenoxy) is 1. The Morgan fingerprint density at radius 3 is 2.15 bits per heavy atom. The predicted molar refractivity (Wildman–Crippen MR) is 80.6 cm³/mol. The van der Waals surface area contributed by atoms with Crippen LogP contribution >= 0.6 is 0 Å². The lowest BCUT2D eigenvalue weighted by Gasteiger charge is -2.56. The molecule has 4 aliphatic carbocycles. The molecule has 116 valence electrons. The van der Waals surface area contributed by atoms with Gasteiger partial charge in [-0.2, -0.15) is 0 Å². The van der Waals surface area contributed by atoms with Crippen molar-refractivity contribution in [3.05, 3.63) is 0 Å². The zero-order valence-electron chi connectivity index (χ0n) is 13.1. The normalized spacial score (nSPS) is 40.5. The molecule has 4 aliphatic rings. The molecule has 3 nitrogen and oxygen atoms in total. The molecular formula is C17H31NO2. The Bertz CT molecular complexity index is 294. The van der Waals surface area contributed by atoms with E-state index in [9.17, 15) is 5.11 Å². The molecule has 0 aliphatic heterocycles. The second-order valence-corrected chi connectivity index (χ2v) is 8.15. The number of rotatable bonds is 7. The molecule has 0 spiro atoms. The van der Waals surface area contributed by atoms with E-state index in [1.54, 1.807) is 0 Å². The van der Waals surface area contributed by atoms with E-state index in [1.807, 2.05) is 0 Å². The van der Waals surface area contributed by atoms with Crippen LogP contribution in [0.1, 0.15) is 52.4 Å². The maximum absolute atomic E-state index is 9.92. The smallest absolute Gasteiger partial charge is 0.0897 e. The summed E-state index contributed by atoms with van der Waals surface area (Å²) in [5.41, 5.74) is 0.472. The van der Waals surface area contributed by atoms with Gasteiger partial charge >= 0.3 is 0 Å². The van der Waals surface area contributed by atoms with Gasteiger partial charge in [-0.05, 0) is 61.7 Å². The van der Waals surface area contributed by atoms with Crippen LogP contribution in [0, 0.1) is 23.2 Å². The van der Waals surface area contributed by atoms with Crippen molar-refractivity contribution in [1.29, 1.82) is 0 Å². The summed E-state index contributed by atoms with van der Waals surface area (Å²) in [5.74, 6) is 2.95. The quantitative estimate of drug-likeness (QED) is 0.753. The van der Waals surface area contributed by atoms with E-state index < -0.39 is 0 Å². The maximum Gasteiger partial charge on any atom is 0.0897 e. The summed E-state index contributed by atoms with van der Waals surface area (Å²) in [7, 11) is 0. The highest BCUT2D eigenvalue weighted by Gasteiger charge is 2.50. The second kappa shape index (κ2) is 5.94. The fourth-order valence-electron chi connectivity index (χ4n) is 5.31. The molecule has 0 aromatic rings. The summed E-state index contributed by atoms with van der Waals surface area (Å²) in [5, 5.41) is 13.2. The first-order valence-corrected chi connectivity index (χ1v) is 8.54. The Balaban J connectivity index is 1.42. The van der Waals surface area contributed by atoms with Crippen LogP contribution in [0.2, 0.25) is 0 Å². The zero-order valence-corrected chi connectivity index (χ0v) is 13.1. The van der Waals surface area contributed by atoms with Crippen molar-refractivity contribution in [2.45, 2.75) is 64.5 Å². The monoisotopic (exact) mass is 281 g/mol. The summed E-state index contributed by atoms with van der Waals surface area (Å²) in [6.45, 7) is 6.21. The first-order chi connectivity index (χ1) is 9.55. The zero-order chi connectivity index (χ0) is 14.2. The van der Waals surface area contributed by atoms with Crippen LogP contribution < -0.4 is 5.32 Å².